The highest BCUT2D eigenvalue weighted by Gasteiger charge is 2.29. The van der Waals surface area contributed by atoms with Crippen LogP contribution in [0.1, 0.15) is 18.3 Å². The molecule has 1 saturated heterocycles. The molecular weight excluding hydrogens is 346 g/mol. The lowest BCUT2D eigenvalue weighted by atomic mass is 10.2. The van der Waals surface area contributed by atoms with Gasteiger partial charge in [0.25, 0.3) is 0 Å². The Bertz CT molecular complexity index is 773. The van der Waals surface area contributed by atoms with Crippen LogP contribution >= 0.6 is 0 Å². The molecule has 1 unspecified atom stereocenters. The van der Waals surface area contributed by atoms with Crippen LogP contribution in [0.25, 0.3) is 0 Å². The highest BCUT2D eigenvalue weighted by atomic mass is 16.5. The number of anilines is 1. The largest absolute Gasteiger partial charge is 0.379 e. The van der Waals surface area contributed by atoms with Crippen LogP contribution in [0.2, 0.25) is 0 Å². The molecular formula is C18H25N7O2. The van der Waals surface area contributed by atoms with Crippen LogP contribution in [-0.4, -0.2) is 74.3 Å². The smallest absolute Gasteiger partial charge is 0.240 e. The second-order valence-electron chi connectivity index (χ2n) is 6.88. The molecule has 1 amide bonds. The number of nitrogens with one attached hydrogen (secondary N) is 1. The molecule has 4 rings (SSSR count). The third-order valence-electron chi connectivity index (χ3n) is 5.12. The van der Waals surface area contributed by atoms with Crippen molar-refractivity contribution in [1.82, 2.24) is 29.5 Å². The number of ether oxygens (including phenoxy) is 1. The first-order valence-electron chi connectivity index (χ1n) is 9.37. The quantitative estimate of drug-likeness (QED) is 0.811. The second kappa shape index (κ2) is 8.01. The van der Waals surface area contributed by atoms with Gasteiger partial charge in [-0.3, -0.25) is 19.4 Å². The van der Waals surface area contributed by atoms with E-state index in [0.717, 1.165) is 36.8 Å². The molecule has 0 bridgehead atoms. The number of hydrogen-bond acceptors (Lipinski definition) is 7. The maximum absolute atomic E-state index is 12.9. The molecule has 1 atom stereocenters. The van der Waals surface area contributed by atoms with E-state index in [2.05, 4.69) is 31.3 Å². The number of rotatable bonds is 5. The van der Waals surface area contributed by atoms with Crippen molar-refractivity contribution in [2.45, 2.75) is 32.6 Å². The molecule has 1 N–H and O–H groups in total. The number of fused-ring (bicyclic) bond motifs is 1. The summed E-state index contributed by atoms with van der Waals surface area (Å²) in [6.07, 6.45) is 4.98. The molecule has 27 heavy (non-hydrogen) atoms. The fraction of sp³-hybridized carbons (Fsp3) is 0.556. The third-order valence-corrected chi connectivity index (χ3v) is 5.12. The Morgan fingerprint density at radius 2 is 2.11 bits per heavy atom. The van der Waals surface area contributed by atoms with E-state index in [1.165, 1.54) is 0 Å². The van der Waals surface area contributed by atoms with Crippen LogP contribution in [0.15, 0.2) is 24.7 Å². The van der Waals surface area contributed by atoms with E-state index in [0.29, 0.717) is 32.8 Å². The van der Waals surface area contributed by atoms with E-state index in [-0.39, 0.29) is 11.9 Å². The zero-order valence-electron chi connectivity index (χ0n) is 15.5. The van der Waals surface area contributed by atoms with Crippen LogP contribution in [0.3, 0.4) is 0 Å². The molecule has 144 valence electrons. The molecule has 0 spiro atoms. The summed E-state index contributed by atoms with van der Waals surface area (Å²) in [5, 5.41) is 7.85. The molecule has 2 aliphatic rings. The van der Waals surface area contributed by atoms with Crippen molar-refractivity contribution in [3.63, 3.8) is 0 Å². The number of hydrogen-bond donors (Lipinski definition) is 1. The second-order valence-corrected chi connectivity index (χ2v) is 6.88. The average Bonchev–Trinajstić information content (AvgIpc) is 3.14. The molecule has 2 aliphatic heterocycles. The first-order chi connectivity index (χ1) is 13.2. The van der Waals surface area contributed by atoms with E-state index < -0.39 is 0 Å². The Morgan fingerprint density at radius 3 is 2.89 bits per heavy atom. The standard InChI is InChI=1S/C18H25N7O2/c1-14(23-6-8-27-9-7-23)18(26)24-4-5-25-16(13-24)10-15(22-25)11-21-17-12-19-2-3-20-17/h2-3,10,12,14H,4-9,11,13H2,1H3,(H,20,21). The van der Waals surface area contributed by atoms with Gasteiger partial charge in [-0.2, -0.15) is 5.10 Å². The lowest BCUT2D eigenvalue weighted by Crippen LogP contribution is -2.52. The normalized spacial score (nSPS) is 18.8. The summed E-state index contributed by atoms with van der Waals surface area (Å²) in [5.74, 6) is 0.906. The number of nitrogens with zero attached hydrogens (tertiary/aromatic N) is 6. The van der Waals surface area contributed by atoms with Crippen LogP contribution in [-0.2, 0) is 29.2 Å². The minimum Gasteiger partial charge on any atom is -0.379 e. The molecule has 0 saturated carbocycles. The maximum Gasteiger partial charge on any atom is 0.240 e. The fourth-order valence-electron chi connectivity index (χ4n) is 3.56. The predicted octanol–water partition coefficient (Wildman–Crippen LogP) is 0.348. The van der Waals surface area contributed by atoms with Gasteiger partial charge in [0.15, 0.2) is 0 Å². The van der Waals surface area contributed by atoms with Crippen molar-refractivity contribution in [3.05, 3.63) is 36.0 Å². The van der Waals surface area contributed by atoms with E-state index in [4.69, 9.17) is 4.74 Å². The van der Waals surface area contributed by atoms with Gasteiger partial charge in [-0.15, -0.1) is 0 Å². The zero-order chi connectivity index (χ0) is 18.6. The summed E-state index contributed by atoms with van der Waals surface area (Å²) in [6.45, 7) is 7.63. The molecule has 4 heterocycles. The number of amides is 1. The summed E-state index contributed by atoms with van der Waals surface area (Å²) >= 11 is 0. The Labute approximate surface area is 158 Å². The molecule has 9 heteroatoms. The van der Waals surface area contributed by atoms with Crippen molar-refractivity contribution in [1.29, 1.82) is 0 Å². The highest BCUT2D eigenvalue weighted by molar-refractivity contribution is 5.81. The van der Waals surface area contributed by atoms with Gasteiger partial charge in [-0.05, 0) is 13.0 Å². The van der Waals surface area contributed by atoms with Crippen molar-refractivity contribution >= 4 is 11.7 Å². The number of carbonyl (C=O) groups is 1. The Hall–Kier alpha value is -2.52. The monoisotopic (exact) mass is 371 g/mol. The van der Waals surface area contributed by atoms with Crippen LogP contribution < -0.4 is 5.32 Å². The Balaban J connectivity index is 1.36. The van der Waals surface area contributed by atoms with Gasteiger partial charge in [-0.25, -0.2) is 4.98 Å². The number of morpholine rings is 1. The number of carbonyl (C=O) groups excluding carboxylic acids is 1. The molecule has 2 aromatic heterocycles. The summed E-state index contributed by atoms with van der Waals surface area (Å²) in [6, 6.07) is 1.95. The first-order valence-corrected chi connectivity index (χ1v) is 9.37. The van der Waals surface area contributed by atoms with Gasteiger partial charge in [0.05, 0.1) is 56.5 Å². The van der Waals surface area contributed by atoms with Crippen molar-refractivity contribution in [2.24, 2.45) is 0 Å². The van der Waals surface area contributed by atoms with Crippen molar-refractivity contribution in [2.75, 3.05) is 38.2 Å². The highest BCUT2D eigenvalue weighted by Crippen LogP contribution is 2.17. The minimum atomic E-state index is -0.110. The minimum absolute atomic E-state index is 0.110. The lowest BCUT2D eigenvalue weighted by Gasteiger charge is -2.36. The summed E-state index contributed by atoms with van der Waals surface area (Å²) in [4.78, 5) is 25.3. The lowest BCUT2D eigenvalue weighted by molar-refractivity contribution is -0.139. The summed E-state index contributed by atoms with van der Waals surface area (Å²) in [5.41, 5.74) is 2.01. The average molecular weight is 371 g/mol. The van der Waals surface area contributed by atoms with Crippen LogP contribution in [0.5, 0.6) is 0 Å². The molecule has 0 aliphatic carbocycles. The fourth-order valence-corrected chi connectivity index (χ4v) is 3.56. The van der Waals surface area contributed by atoms with Gasteiger partial charge in [0.1, 0.15) is 5.82 Å². The van der Waals surface area contributed by atoms with Gasteiger partial charge >= 0.3 is 0 Å². The zero-order valence-corrected chi connectivity index (χ0v) is 15.5. The van der Waals surface area contributed by atoms with Crippen molar-refractivity contribution < 1.29 is 9.53 Å². The van der Waals surface area contributed by atoms with E-state index in [1.807, 2.05) is 16.5 Å². The third kappa shape index (κ3) is 4.09. The van der Waals surface area contributed by atoms with Gasteiger partial charge in [0.2, 0.25) is 5.91 Å². The summed E-state index contributed by atoms with van der Waals surface area (Å²) < 4.78 is 7.38. The summed E-state index contributed by atoms with van der Waals surface area (Å²) in [7, 11) is 0. The molecule has 0 radical (unpaired) electrons. The van der Waals surface area contributed by atoms with E-state index in [1.54, 1.807) is 18.6 Å². The van der Waals surface area contributed by atoms with Crippen LogP contribution in [0.4, 0.5) is 5.82 Å². The van der Waals surface area contributed by atoms with Crippen molar-refractivity contribution in [3.8, 4) is 0 Å². The SMILES string of the molecule is CC(C(=O)N1CCn2nc(CNc3cnccn3)cc2C1)N1CCOCC1. The van der Waals surface area contributed by atoms with Gasteiger partial charge < -0.3 is 15.0 Å². The predicted molar refractivity (Wildman–Crippen MR) is 98.9 cm³/mol. The molecule has 9 nitrogen and oxygen atoms in total. The Morgan fingerprint density at radius 1 is 1.26 bits per heavy atom. The van der Waals surface area contributed by atoms with Gasteiger partial charge in [-0.1, -0.05) is 0 Å². The molecule has 1 fully saturated rings. The molecule has 0 aromatic carbocycles. The first kappa shape index (κ1) is 17.9. The van der Waals surface area contributed by atoms with E-state index >= 15 is 0 Å². The van der Waals surface area contributed by atoms with E-state index in [9.17, 15) is 4.79 Å². The topological polar surface area (TPSA) is 88.4 Å². The van der Waals surface area contributed by atoms with Crippen LogP contribution in [0, 0.1) is 0 Å². The van der Waals surface area contributed by atoms with Gasteiger partial charge in [0, 0.05) is 32.0 Å². The maximum atomic E-state index is 12.9. The number of aromatic nitrogens is 4. The molecule has 2 aromatic rings. The Kier molecular flexibility index (Phi) is 5.30.